The van der Waals surface area contributed by atoms with Gasteiger partial charge in [0.05, 0.1) is 0 Å². The summed E-state index contributed by atoms with van der Waals surface area (Å²) in [6, 6.07) is 6.97. The molecule has 0 radical (unpaired) electrons. The van der Waals surface area contributed by atoms with Gasteiger partial charge in [0.25, 0.3) is 0 Å². The second kappa shape index (κ2) is 10.6. The Morgan fingerprint density at radius 2 is 1.70 bits per heavy atom. The van der Waals surface area contributed by atoms with E-state index < -0.39 is 0 Å². The molecule has 0 spiro atoms. The van der Waals surface area contributed by atoms with E-state index in [1.54, 1.807) is 17.7 Å². The minimum absolute atomic E-state index is 0.136. The molecule has 128 valence electrons. The minimum atomic E-state index is -0.136. The SMILES string of the molecule is CCCCCCCCC1CC=C(CCc2ccc(F)cc2)CC1. The molecule has 0 amide bonds. The van der Waals surface area contributed by atoms with E-state index in [0.29, 0.717) is 0 Å². The van der Waals surface area contributed by atoms with Gasteiger partial charge in [-0.1, -0.05) is 75.7 Å². The summed E-state index contributed by atoms with van der Waals surface area (Å²) < 4.78 is 12.9. The number of aryl methyl sites for hydroxylation is 1. The molecule has 0 saturated heterocycles. The summed E-state index contributed by atoms with van der Waals surface area (Å²) in [6.45, 7) is 2.28. The molecule has 0 heterocycles. The van der Waals surface area contributed by atoms with E-state index >= 15 is 0 Å². The van der Waals surface area contributed by atoms with Gasteiger partial charge < -0.3 is 0 Å². The maximum absolute atomic E-state index is 12.9. The van der Waals surface area contributed by atoms with E-state index in [1.165, 1.54) is 69.8 Å². The Morgan fingerprint density at radius 3 is 2.39 bits per heavy atom. The topological polar surface area (TPSA) is 0 Å². The van der Waals surface area contributed by atoms with Gasteiger partial charge in [0.15, 0.2) is 0 Å². The predicted molar refractivity (Wildman–Crippen MR) is 98.1 cm³/mol. The number of hydrogen-bond donors (Lipinski definition) is 0. The monoisotopic (exact) mass is 316 g/mol. The van der Waals surface area contributed by atoms with Crippen molar-refractivity contribution in [1.82, 2.24) is 0 Å². The van der Waals surface area contributed by atoms with Gasteiger partial charge in [0.1, 0.15) is 5.82 Å². The van der Waals surface area contributed by atoms with Crippen LogP contribution in [-0.2, 0) is 6.42 Å². The summed E-state index contributed by atoms with van der Waals surface area (Å²) in [7, 11) is 0. The fourth-order valence-corrected chi connectivity index (χ4v) is 3.60. The molecular formula is C22H33F. The lowest BCUT2D eigenvalue weighted by molar-refractivity contribution is 0.409. The van der Waals surface area contributed by atoms with Crippen molar-refractivity contribution in [3.05, 3.63) is 47.3 Å². The largest absolute Gasteiger partial charge is 0.207 e. The highest BCUT2D eigenvalue weighted by Gasteiger charge is 2.14. The highest BCUT2D eigenvalue weighted by molar-refractivity contribution is 5.18. The van der Waals surface area contributed by atoms with Crippen molar-refractivity contribution < 1.29 is 4.39 Å². The zero-order valence-corrected chi connectivity index (χ0v) is 14.8. The molecular weight excluding hydrogens is 283 g/mol. The molecule has 0 fully saturated rings. The molecule has 0 N–H and O–H groups in total. The summed E-state index contributed by atoms with van der Waals surface area (Å²) >= 11 is 0. The van der Waals surface area contributed by atoms with Crippen molar-refractivity contribution >= 4 is 0 Å². The first-order chi connectivity index (χ1) is 11.3. The smallest absolute Gasteiger partial charge is 0.123 e. The van der Waals surface area contributed by atoms with Gasteiger partial charge in [-0.2, -0.15) is 0 Å². The van der Waals surface area contributed by atoms with Gasteiger partial charge in [-0.15, -0.1) is 0 Å². The number of rotatable bonds is 10. The van der Waals surface area contributed by atoms with Crippen LogP contribution in [0.25, 0.3) is 0 Å². The third-order valence-corrected chi connectivity index (χ3v) is 5.23. The Labute approximate surface area is 142 Å². The van der Waals surface area contributed by atoms with Crippen molar-refractivity contribution in [1.29, 1.82) is 0 Å². The van der Waals surface area contributed by atoms with Crippen molar-refractivity contribution in [2.75, 3.05) is 0 Å². The third kappa shape index (κ3) is 7.33. The van der Waals surface area contributed by atoms with Gasteiger partial charge in [0.2, 0.25) is 0 Å². The minimum Gasteiger partial charge on any atom is -0.207 e. The van der Waals surface area contributed by atoms with E-state index in [-0.39, 0.29) is 5.82 Å². The van der Waals surface area contributed by atoms with Crippen LogP contribution in [0.5, 0.6) is 0 Å². The van der Waals surface area contributed by atoms with Gasteiger partial charge in [-0.3, -0.25) is 0 Å². The average Bonchev–Trinajstić information content (AvgIpc) is 2.58. The summed E-state index contributed by atoms with van der Waals surface area (Å²) in [5.41, 5.74) is 2.87. The molecule has 1 aliphatic rings. The van der Waals surface area contributed by atoms with E-state index in [4.69, 9.17) is 0 Å². The first kappa shape index (κ1) is 18.2. The Bertz CT molecular complexity index is 457. The molecule has 1 atom stereocenters. The molecule has 0 nitrogen and oxygen atoms in total. The van der Waals surface area contributed by atoms with Crippen LogP contribution in [0.1, 0.15) is 83.1 Å². The number of unbranched alkanes of at least 4 members (excludes halogenated alkanes) is 5. The summed E-state index contributed by atoms with van der Waals surface area (Å²) in [6.07, 6.45) is 18.5. The van der Waals surface area contributed by atoms with Crippen LogP contribution < -0.4 is 0 Å². The van der Waals surface area contributed by atoms with Crippen LogP contribution >= 0.6 is 0 Å². The third-order valence-electron chi connectivity index (χ3n) is 5.23. The Balaban J connectivity index is 1.59. The fraction of sp³-hybridized carbons (Fsp3) is 0.636. The fourth-order valence-electron chi connectivity index (χ4n) is 3.60. The summed E-state index contributed by atoms with van der Waals surface area (Å²) in [4.78, 5) is 0. The highest BCUT2D eigenvalue weighted by atomic mass is 19.1. The van der Waals surface area contributed by atoms with Crippen LogP contribution in [0.4, 0.5) is 4.39 Å². The van der Waals surface area contributed by atoms with E-state index in [9.17, 15) is 4.39 Å². The average molecular weight is 317 g/mol. The zero-order valence-electron chi connectivity index (χ0n) is 14.8. The Hall–Kier alpha value is -1.11. The molecule has 1 heteroatoms. The molecule has 23 heavy (non-hydrogen) atoms. The van der Waals surface area contributed by atoms with Crippen LogP contribution in [0, 0.1) is 11.7 Å². The van der Waals surface area contributed by atoms with E-state index in [1.807, 2.05) is 12.1 Å². The number of hydrogen-bond acceptors (Lipinski definition) is 0. The first-order valence-electron chi connectivity index (χ1n) is 9.70. The molecule has 2 rings (SSSR count). The van der Waals surface area contributed by atoms with Crippen molar-refractivity contribution in [3.63, 3.8) is 0 Å². The lowest BCUT2D eigenvalue weighted by Gasteiger charge is -2.22. The van der Waals surface area contributed by atoms with Crippen LogP contribution in [-0.4, -0.2) is 0 Å². The van der Waals surface area contributed by atoms with Gasteiger partial charge in [0, 0.05) is 0 Å². The molecule has 0 aromatic heterocycles. The zero-order chi connectivity index (χ0) is 16.3. The van der Waals surface area contributed by atoms with Crippen LogP contribution in [0.3, 0.4) is 0 Å². The molecule has 1 aliphatic carbocycles. The van der Waals surface area contributed by atoms with Gasteiger partial charge in [-0.25, -0.2) is 4.39 Å². The standard InChI is InChI=1S/C22H33F/c1-2-3-4-5-6-7-8-19-9-11-20(12-10-19)13-14-21-15-17-22(23)18-16-21/h11,15-19H,2-10,12-14H2,1H3. The number of allylic oxidation sites excluding steroid dienone is 2. The van der Waals surface area contributed by atoms with E-state index in [0.717, 1.165) is 18.8 Å². The quantitative estimate of drug-likeness (QED) is 0.315. The first-order valence-corrected chi connectivity index (χ1v) is 9.70. The highest BCUT2D eigenvalue weighted by Crippen LogP contribution is 2.30. The van der Waals surface area contributed by atoms with Crippen LogP contribution in [0.15, 0.2) is 35.9 Å². The van der Waals surface area contributed by atoms with Crippen molar-refractivity contribution in [2.45, 2.75) is 84.0 Å². The van der Waals surface area contributed by atoms with Gasteiger partial charge in [-0.05, 0) is 55.7 Å². The lowest BCUT2D eigenvalue weighted by Crippen LogP contribution is -2.06. The van der Waals surface area contributed by atoms with Crippen molar-refractivity contribution in [2.24, 2.45) is 5.92 Å². The predicted octanol–water partition coefficient (Wildman–Crippen LogP) is 7.24. The normalized spacial score (nSPS) is 18.0. The summed E-state index contributed by atoms with van der Waals surface area (Å²) in [5, 5.41) is 0. The molecule has 0 aliphatic heterocycles. The molecule has 1 aromatic rings. The van der Waals surface area contributed by atoms with Gasteiger partial charge >= 0.3 is 0 Å². The molecule has 1 unspecified atom stereocenters. The Morgan fingerprint density at radius 1 is 0.957 bits per heavy atom. The second-order valence-corrected chi connectivity index (χ2v) is 7.19. The second-order valence-electron chi connectivity index (χ2n) is 7.19. The summed E-state index contributed by atoms with van der Waals surface area (Å²) in [5.74, 6) is 0.791. The maximum Gasteiger partial charge on any atom is 0.123 e. The van der Waals surface area contributed by atoms with Crippen LogP contribution in [0.2, 0.25) is 0 Å². The maximum atomic E-state index is 12.9. The number of halogens is 1. The Kier molecular flexibility index (Phi) is 8.42. The van der Waals surface area contributed by atoms with E-state index in [2.05, 4.69) is 13.0 Å². The number of benzene rings is 1. The lowest BCUT2D eigenvalue weighted by atomic mass is 9.84. The molecule has 0 saturated carbocycles. The molecule has 0 bridgehead atoms. The van der Waals surface area contributed by atoms with Crippen molar-refractivity contribution in [3.8, 4) is 0 Å². The molecule has 1 aromatic carbocycles.